The van der Waals surface area contributed by atoms with Gasteiger partial charge in [-0.25, -0.2) is 0 Å². The molecule has 1 saturated heterocycles. The molecule has 0 amide bonds. The molecule has 1 saturated carbocycles. The lowest BCUT2D eigenvalue weighted by Crippen LogP contribution is -2.64. The minimum Gasteiger partial charge on any atom is -0.361 e. The third kappa shape index (κ3) is 3.63. The fraction of sp³-hybridized carbons (Fsp3) is 1.00. The van der Waals surface area contributed by atoms with E-state index in [1.807, 2.05) is 20.8 Å². The average Bonchev–Trinajstić information content (AvgIpc) is 2.47. The van der Waals surface area contributed by atoms with Gasteiger partial charge in [-0.1, -0.05) is 19.3 Å². The molecule has 0 aromatic rings. The molecule has 5 heteroatoms. The third-order valence-corrected chi connectivity index (χ3v) is 7.80. The number of nitrogens with zero attached hydrogens (tertiary/aromatic N) is 1. The number of hydrogen-bond donors (Lipinski definition) is 0. The Kier molecular flexibility index (Phi) is 6.48. The Hall–Kier alpha value is 0.0569. The SMILES string of the molecule is CCO[Si](OCC)(OCC)N1CCC2CCCCC2C1. The maximum Gasteiger partial charge on any atom is 0.599 e. The summed E-state index contributed by atoms with van der Waals surface area (Å²) < 4.78 is 20.6. The lowest BCUT2D eigenvalue weighted by molar-refractivity contribution is -0.00780. The topological polar surface area (TPSA) is 30.9 Å². The fourth-order valence-corrected chi connectivity index (χ4v) is 6.55. The first-order valence-corrected chi connectivity index (χ1v) is 10.1. The molecule has 0 radical (unpaired) electrons. The summed E-state index contributed by atoms with van der Waals surface area (Å²) in [6.45, 7) is 10.3. The molecular weight excluding hydrogens is 270 g/mol. The van der Waals surface area contributed by atoms with Gasteiger partial charge < -0.3 is 13.3 Å². The molecular formula is C15H31NO3Si. The van der Waals surface area contributed by atoms with Crippen LogP contribution in [-0.4, -0.2) is 46.4 Å². The zero-order valence-electron chi connectivity index (χ0n) is 13.4. The molecule has 0 spiro atoms. The zero-order chi connectivity index (χ0) is 14.4. The first-order chi connectivity index (χ1) is 9.75. The lowest BCUT2D eigenvalue weighted by atomic mass is 9.76. The van der Waals surface area contributed by atoms with Gasteiger partial charge in [-0.2, -0.15) is 0 Å². The molecule has 1 aliphatic heterocycles. The second-order valence-electron chi connectivity index (χ2n) is 5.86. The van der Waals surface area contributed by atoms with Crippen LogP contribution >= 0.6 is 0 Å². The van der Waals surface area contributed by atoms with E-state index in [4.69, 9.17) is 13.3 Å². The first kappa shape index (κ1) is 16.4. The van der Waals surface area contributed by atoms with Crippen molar-refractivity contribution < 1.29 is 13.3 Å². The van der Waals surface area contributed by atoms with E-state index in [1.165, 1.54) is 32.1 Å². The van der Waals surface area contributed by atoms with Crippen LogP contribution in [0.2, 0.25) is 0 Å². The smallest absolute Gasteiger partial charge is 0.361 e. The molecule has 0 aromatic carbocycles. The van der Waals surface area contributed by atoms with E-state index >= 15 is 0 Å². The molecule has 0 aromatic heterocycles. The molecule has 1 heterocycles. The Morgan fingerprint density at radius 1 is 0.850 bits per heavy atom. The monoisotopic (exact) mass is 301 g/mol. The van der Waals surface area contributed by atoms with Gasteiger partial charge in [-0.3, -0.25) is 4.57 Å². The fourth-order valence-electron chi connectivity index (χ4n) is 3.80. The normalized spacial score (nSPS) is 28.4. The molecule has 0 N–H and O–H groups in total. The Morgan fingerprint density at radius 3 is 1.95 bits per heavy atom. The second kappa shape index (κ2) is 7.89. The van der Waals surface area contributed by atoms with Gasteiger partial charge in [0, 0.05) is 26.4 Å². The summed E-state index contributed by atoms with van der Waals surface area (Å²) in [5.74, 6) is 1.75. The van der Waals surface area contributed by atoms with Crippen molar-refractivity contribution in [2.75, 3.05) is 32.9 Å². The Balaban J connectivity index is 2.07. The minimum absolute atomic E-state index is 0.664. The predicted octanol–water partition coefficient (Wildman–Crippen LogP) is 3.04. The molecule has 1 aliphatic carbocycles. The molecule has 118 valence electrons. The molecule has 2 unspecified atom stereocenters. The van der Waals surface area contributed by atoms with Crippen LogP contribution in [0.1, 0.15) is 52.9 Å². The van der Waals surface area contributed by atoms with E-state index in [2.05, 4.69) is 4.57 Å². The lowest BCUT2D eigenvalue weighted by Gasteiger charge is -2.46. The van der Waals surface area contributed by atoms with Crippen LogP contribution in [0.15, 0.2) is 0 Å². The van der Waals surface area contributed by atoms with Gasteiger partial charge in [0.1, 0.15) is 0 Å². The summed E-state index contributed by atoms with van der Waals surface area (Å²) >= 11 is 0. The highest BCUT2D eigenvalue weighted by atomic mass is 28.4. The van der Waals surface area contributed by atoms with Gasteiger partial charge in [0.05, 0.1) is 0 Å². The van der Waals surface area contributed by atoms with Gasteiger partial charge in [-0.05, 0) is 52.0 Å². The highest BCUT2D eigenvalue weighted by molar-refractivity contribution is 6.57. The van der Waals surface area contributed by atoms with Crippen molar-refractivity contribution in [1.29, 1.82) is 0 Å². The van der Waals surface area contributed by atoms with Gasteiger partial charge in [0.15, 0.2) is 0 Å². The van der Waals surface area contributed by atoms with Gasteiger partial charge >= 0.3 is 8.97 Å². The summed E-state index contributed by atoms with van der Waals surface area (Å²) in [5.41, 5.74) is 0. The van der Waals surface area contributed by atoms with Gasteiger partial charge in [0.2, 0.25) is 0 Å². The molecule has 2 fully saturated rings. The minimum atomic E-state index is -2.64. The summed E-state index contributed by atoms with van der Waals surface area (Å²) in [5, 5.41) is 0. The summed E-state index contributed by atoms with van der Waals surface area (Å²) in [7, 11) is -2.64. The Labute approximate surface area is 125 Å². The molecule has 4 nitrogen and oxygen atoms in total. The summed E-state index contributed by atoms with van der Waals surface area (Å²) in [6, 6.07) is 0. The summed E-state index contributed by atoms with van der Waals surface area (Å²) in [4.78, 5) is 0. The Morgan fingerprint density at radius 2 is 1.40 bits per heavy atom. The molecule has 2 atom stereocenters. The van der Waals surface area contributed by atoms with Crippen molar-refractivity contribution in [3.63, 3.8) is 0 Å². The average molecular weight is 302 g/mol. The van der Waals surface area contributed by atoms with Crippen molar-refractivity contribution in [1.82, 2.24) is 4.57 Å². The van der Waals surface area contributed by atoms with Crippen molar-refractivity contribution in [3.8, 4) is 0 Å². The summed E-state index contributed by atoms with van der Waals surface area (Å²) in [6.07, 6.45) is 6.89. The van der Waals surface area contributed by atoms with E-state index < -0.39 is 8.97 Å². The van der Waals surface area contributed by atoms with E-state index in [0.29, 0.717) is 19.8 Å². The van der Waals surface area contributed by atoms with Gasteiger partial charge in [0.25, 0.3) is 0 Å². The zero-order valence-corrected chi connectivity index (χ0v) is 14.4. The van der Waals surface area contributed by atoms with Crippen LogP contribution in [0.3, 0.4) is 0 Å². The number of rotatable bonds is 7. The van der Waals surface area contributed by atoms with Crippen LogP contribution in [0, 0.1) is 11.8 Å². The van der Waals surface area contributed by atoms with Crippen molar-refractivity contribution >= 4 is 8.97 Å². The molecule has 2 aliphatic rings. The number of fused-ring (bicyclic) bond motifs is 1. The van der Waals surface area contributed by atoms with Crippen LogP contribution in [0.4, 0.5) is 0 Å². The molecule has 0 bridgehead atoms. The maximum absolute atomic E-state index is 6.05. The Bertz CT molecular complexity index is 273. The van der Waals surface area contributed by atoms with E-state index in [-0.39, 0.29) is 0 Å². The van der Waals surface area contributed by atoms with Gasteiger partial charge in [-0.15, -0.1) is 0 Å². The maximum atomic E-state index is 6.05. The number of piperidine rings is 1. The van der Waals surface area contributed by atoms with Crippen molar-refractivity contribution in [2.45, 2.75) is 52.9 Å². The van der Waals surface area contributed by atoms with Crippen molar-refractivity contribution in [2.24, 2.45) is 11.8 Å². The molecule has 20 heavy (non-hydrogen) atoms. The quantitative estimate of drug-likeness (QED) is 0.676. The van der Waals surface area contributed by atoms with Crippen LogP contribution in [-0.2, 0) is 13.3 Å². The van der Waals surface area contributed by atoms with E-state index in [0.717, 1.165) is 24.9 Å². The van der Waals surface area contributed by atoms with Crippen molar-refractivity contribution in [3.05, 3.63) is 0 Å². The van der Waals surface area contributed by atoms with E-state index in [9.17, 15) is 0 Å². The standard InChI is InChI=1S/C15H31NO3Si/c1-4-17-20(18-5-2,19-6-3)16-12-11-14-9-7-8-10-15(14)13-16/h14-15H,4-13H2,1-3H3. The number of hydrogen-bond acceptors (Lipinski definition) is 4. The molecule has 2 rings (SSSR count). The van der Waals surface area contributed by atoms with E-state index in [1.54, 1.807) is 0 Å². The third-order valence-electron chi connectivity index (χ3n) is 4.66. The highest BCUT2D eigenvalue weighted by Crippen LogP contribution is 2.37. The largest absolute Gasteiger partial charge is 0.599 e. The second-order valence-corrected chi connectivity index (χ2v) is 8.41. The van der Waals surface area contributed by atoms with Crippen LogP contribution in [0.25, 0.3) is 0 Å². The first-order valence-electron chi connectivity index (χ1n) is 8.42. The predicted molar refractivity (Wildman–Crippen MR) is 82.3 cm³/mol. The van der Waals surface area contributed by atoms with Crippen LogP contribution < -0.4 is 0 Å². The van der Waals surface area contributed by atoms with Crippen LogP contribution in [0.5, 0.6) is 0 Å². The highest BCUT2D eigenvalue weighted by Gasteiger charge is 2.51.